The third kappa shape index (κ3) is 2.04. The summed E-state index contributed by atoms with van der Waals surface area (Å²) in [6.07, 6.45) is 5.25. The molecule has 0 atom stereocenters. The van der Waals surface area contributed by atoms with Crippen LogP contribution in [0.5, 0.6) is 0 Å². The van der Waals surface area contributed by atoms with Crippen molar-refractivity contribution < 1.29 is 9.18 Å². The SMILES string of the molecule is Cc1cc(F)c(Br)c(C2(N=C=O)CCCC2)c1C. The third-order valence-electron chi connectivity index (χ3n) is 3.89. The van der Waals surface area contributed by atoms with Crippen molar-refractivity contribution in [1.82, 2.24) is 0 Å². The minimum absolute atomic E-state index is 0.291. The number of nitrogens with zero attached hydrogens (tertiary/aromatic N) is 1. The molecule has 2 rings (SSSR count). The van der Waals surface area contributed by atoms with Crippen LogP contribution < -0.4 is 0 Å². The first-order chi connectivity index (χ1) is 8.52. The summed E-state index contributed by atoms with van der Waals surface area (Å²) >= 11 is 3.32. The van der Waals surface area contributed by atoms with Crippen molar-refractivity contribution in [2.45, 2.75) is 45.1 Å². The molecule has 0 N–H and O–H groups in total. The fraction of sp³-hybridized carbons (Fsp3) is 0.500. The van der Waals surface area contributed by atoms with Crippen molar-refractivity contribution in [1.29, 1.82) is 0 Å². The molecule has 1 aromatic rings. The Morgan fingerprint density at radius 3 is 2.56 bits per heavy atom. The lowest BCUT2D eigenvalue weighted by Gasteiger charge is -2.27. The third-order valence-corrected chi connectivity index (χ3v) is 4.67. The van der Waals surface area contributed by atoms with Gasteiger partial charge in [-0.2, -0.15) is 4.99 Å². The first-order valence-electron chi connectivity index (χ1n) is 6.06. The maximum absolute atomic E-state index is 13.9. The van der Waals surface area contributed by atoms with E-state index >= 15 is 0 Å². The zero-order chi connectivity index (χ0) is 13.3. The lowest BCUT2D eigenvalue weighted by Crippen LogP contribution is -2.22. The average molecular weight is 312 g/mol. The molecule has 0 radical (unpaired) electrons. The number of halogens is 2. The molecule has 0 aromatic heterocycles. The summed E-state index contributed by atoms with van der Waals surface area (Å²) in [6.45, 7) is 3.83. The normalized spacial score (nSPS) is 17.6. The van der Waals surface area contributed by atoms with Crippen LogP contribution in [-0.2, 0) is 10.3 Å². The van der Waals surface area contributed by atoms with Crippen molar-refractivity contribution in [3.63, 3.8) is 0 Å². The molecule has 96 valence electrons. The van der Waals surface area contributed by atoms with Gasteiger partial charge in [-0.25, -0.2) is 9.18 Å². The van der Waals surface area contributed by atoms with Crippen LogP contribution in [0.15, 0.2) is 15.5 Å². The van der Waals surface area contributed by atoms with Gasteiger partial charge in [0.15, 0.2) is 0 Å². The van der Waals surface area contributed by atoms with Crippen LogP contribution in [-0.4, -0.2) is 6.08 Å². The van der Waals surface area contributed by atoms with Gasteiger partial charge in [0, 0.05) is 5.56 Å². The first-order valence-corrected chi connectivity index (χ1v) is 6.86. The lowest BCUT2D eigenvalue weighted by atomic mass is 9.84. The van der Waals surface area contributed by atoms with Crippen LogP contribution in [0.4, 0.5) is 4.39 Å². The van der Waals surface area contributed by atoms with Crippen molar-refractivity contribution in [2.24, 2.45) is 4.99 Å². The second-order valence-electron chi connectivity index (χ2n) is 4.93. The first kappa shape index (κ1) is 13.4. The van der Waals surface area contributed by atoms with Crippen LogP contribution >= 0.6 is 15.9 Å². The summed E-state index contributed by atoms with van der Waals surface area (Å²) in [5.74, 6) is -0.291. The van der Waals surface area contributed by atoms with Gasteiger partial charge in [0.2, 0.25) is 6.08 Å². The summed E-state index contributed by atoms with van der Waals surface area (Å²) in [7, 11) is 0. The highest BCUT2D eigenvalue weighted by molar-refractivity contribution is 9.10. The molecule has 1 aromatic carbocycles. The fourth-order valence-corrected chi connectivity index (χ4v) is 3.64. The van der Waals surface area contributed by atoms with Gasteiger partial charge in [0.05, 0.1) is 10.0 Å². The molecule has 1 aliphatic carbocycles. The van der Waals surface area contributed by atoms with E-state index in [2.05, 4.69) is 20.9 Å². The highest BCUT2D eigenvalue weighted by Crippen LogP contribution is 2.47. The maximum atomic E-state index is 13.9. The standard InChI is InChI=1S/C14H15BrFNO/c1-9-7-11(16)13(15)12(10(9)2)14(17-8-18)5-3-4-6-14/h7H,3-6H2,1-2H3. The molecule has 1 saturated carbocycles. The van der Waals surface area contributed by atoms with Gasteiger partial charge in [-0.3, -0.25) is 0 Å². The maximum Gasteiger partial charge on any atom is 0.235 e. The number of isocyanates is 1. The van der Waals surface area contributed by atoms with Crippen molar-refractivity contribution >= 4 is 22.0 Å². The Hall–Kier alpha value is -0.990. The number of carbonyl (C=O) groups excluding carboxylic acids is 1. The molecule has 0 heterocycles. The second kappa shape index (κ2) is 4.94. The predicted molar refractivity (Wildman–Crippen MR) is 71.8 cm³/mol. The monoisotopic (exact) mass is 311 g/mol. The molecule has 0 saturated heterocycles. The van der Waals surface area contributed by atoms with Crippen molar-refractivity contribution in [3.8, 4) is 0 Å². The van der Waals surface area contributed by atoms with Gasteiger partial charge in [-0.05, 0) is 59.8 Å². The van der Waals surface area contributed by atoms with Crippen LogP contribution in [0.25, 0.3) is 0 Å². The number of hydrogen-bond donors (Lipinski definition) is 0. The van der Waals surface area contributed by atoms with E-state index in [1.165, 1.54) is 6.07 Å². The lowest BCUT2D eigenvalue weighted by molar-refractivity contribution is 0.447. The molecule has 1 fully saturated rings. The molecule has 0 aliphatic heterocycles. The van der Waals surface area contributed by atoms with Gasteiger partial charge < -0.3 is 0 Å². The Kier molecular flexibility index (Phi) is 3.69. The quantitative estimate of drug-likeness (QED) is 0.591. The minimum Gasteiger partial charge on any atom is -0.211 e. The number of aliphatic imine (C=N–C) groups is 1. The summed E-state index contributed by atoms with van der Waals surface area (Å²) in [6, 6.07) is 1.51. The predicted octanol–water partition coefficient (Wildman–Crippen LogP) is 4.31. The summed E-state index contributed by atoms with van der Waals surface area (Å²) in [5, 5.41) is 0. The Labute approximate surface area is 114 Å². The highest BCUT2D eigenvalue weighted by Gasteiger charge is 2.39. The van der Waals surface area contributed by atoms with Crippen molar-refractivity contribution in [2.75, 3.05) is 0 Å². The second-order valence-corrected chi connectivity index (χ2v) is 5.72. The molecule has 4 heteroatoms. The minimum atomic E-state index is -0.586. The van der Waals surface area contributed by atoms with Gasteiger partial charge in [-0.15, -0.1) is 0 Å². The van der Waals surface area contributed by atoms with E-state index in [-0.39, 0.29) is 5.82 Å². The molecule has 18 heavy (non-hydrogen) atoms. The number of rotatable bonds is 2. The average Bonchev–Trinajstić information content (AvgIpc) is 2.77. The van der Waals surface area contributed by atoms with Crippen LogP contribution in [0.2, 0.25) is 0 Å². The largest absolute Gasteiger partial charge is 0.235 e. The Balaban J connectivity index is 2.72. The smallest absolute Gasteiger partial charge is 0.211 e. The Morgan fingerprint density at radius 2 is 2.00 bits per heavy atom. The Morgan fingerprint density at radius 1 is 1.39 bits per heavy atom. The van der Waals surface area contributed by atoms with Gasteiger partial charge in [0.25, 0.3) is 0 Å². The van der Waals surface area contributed by atoms with E-state index < -0.39 is 5.54 Å². The van der Waals surface area contributed by atoms with Crippen LogP contribution in [0, 0.1) is 19.7 Å². The zero-order valence-corrected chi connectivity index (χ0v) is 12.1. The highest BCUT2D eigenvalue weighted by atomic mass is 79.9. The summed E-state index contributed by atoms with van der Waals surface area (Å²) in [5.41, 5.74) is 2.13. The molecular formula is C14H15BrFNO. The van der Waals surface area contributed by atoms with E-state index in [1.807, 2.05) is 13.8 Å². The van der Waals surface area contributed by atoms with Crippen molar-refractivity contribution in [3.05, 3.63) is 33.0 Å². The molecule has 0 spiro atoms. The van der Waals surface area contributed by atoms with E-state index in [4.69, 9.17) is 0 Å². The molecular weight excluding hydrogens is 297 g/mol. The molecule has 2 nitrogen and oxygen atoms in total. The fourth-order valence-electron chi connectivity index (χ4n) is 2.86. The summed E-state index contributed by atoms with van der Waals surface area (Å²) in [4.78, 5) is 14.8. The molecule has 1 aliphatic rings. The Bertz CT molecular complexity index is 503. The van der Waals surface area contributed by atoms with Crippen LogP contribution in [0.1, 0.15) is 42.4 Å². The van der Waals surface area contributed by atoms with E-state index in [0.717, 1.165) is 42.4 Å². The molecule has 0 bridgehead atoms. The van der Waals surface area contributed by atoms with E-state index in [0.29, 0.717) is 4.47 Å². The topological polar surface area (TPSA) is 29.4 Å². The number of hydrogen-bond acceptors (Lipinski definition) is 2. The van der Waals surface area contributed by atoms with Gasteiger partial charge in [-0.1, -0.05) is 12.8 Å². The van der Waals surface area contributed by atoms with Gasteiger partial charge in [0.1, 0.15) is 5.82 Å². The van der Waals surface area contributed by atoms with E-state index in [1.54, 1.807) is 6.08 Å². The zero-order valence-electron chi connectivity index (χ0n) is 10.5. The molecule has 0 amide bonds. The number of aryl methyl sites for hydroxylation is 1. The molecule has 0 unspecified atom stereocenters. The summed E-state index contributed by atoms with van der Waals surface area (Å²) < 4.78 is 14.3. The van der Waals surface area contributed by atoms with Crippen LogP contribution in [0.3, 0.4) is 0 Å². The van der Waals surface area contributed by atoms with E-state index in [9.17, 15) is 9.18 Å². The number of benzene rings is 1. The van der Waals surface area contributed by atoms with Gasteiger partial charge >= 0.3 is 0 Å².